The highest BCUT2D eigenvalue weighted by atomic mass is 79.9. The molecule has 1 aromatic rings. The Bertz CT molecular complexity index is 469. The summed E-state index contributed by atoms with van der Waals surface area (Å²) >= 11 is 5.10. The molecule has 2 rings (SSSR count). The zero-order valence-corrected chi connectivity index (χ0v) is 13.9. The Hall–Kier alpha value is -0.430. The lowest BCUT2D eigenvalue weighted by Gasteiger charge is -2.37. The largest absolute Gasteiger partial charge is 0.481 e. The molecule has 6 heteroatoms. The van der Waals surface area contributed by atoms with Crippen molar-refractivity contribution in [2.45, 2.75) is 37.8 Å². The first-order valence-corrected chi connectivity index (χ1v) is 8.42. The van der Waals surface area contributed by atoms with Crippen molar-refractivity contribution in [2.75, 3.05) is 13.6 Å². The number of halogens is 1. The van der Waals surface area contributed by atoms with E-state index < -0.39 is 11.6 Å². The molecule has 0 aliphatic heterocycles. The quantitative estimate of drug-likeness (QED) is 0.846. The minimum Gasteiger partial charge on any atom is -0.481 e. The lowest BCUT2D eigenvalue weighted by Crippen LogP contribution is -2.44. The zero-order valence-electron chi connectivity index (χ0n) is 11.5. The fourth-order valence-electron chi connectivity index (χ4n) is 2.86. The van der Waals surface area contributed by atoms with E-state index >= 15 is 0 Å². The van der Waals surface area contributed by atoms with E-state index in [0.29, 0.717) is 32.2 Å². The molecule has 2 N–H and O–H groups in total. The van der Waals surface area contributed by atoms with Gasteiger partial charge in [-0.3, -0.25) is 9.69 Å². The molecule has 1 heterocycles. The van der Waals surface area contributed by atoms with Crippen molar-refractivity contribution < 1.29 is 15.0 Å². The molecule has 0 amide bonds. The van der Waals surface area contributed by atoms with Gasteiger partial charge in [0.2, 0.25) is 0 Å². The van der Waals surface area contributed by atoms with Crippen molar-refractivity contribution in [3.8, 4) is 0 Å². The molecular weight excluding hydrogens is 342 g/mol. The number of rotatable bonds is 5. The molecule has 0 aromatic carbocycles. The number of nitrogens with zero attached hydrogens (tertiary/aromatic N) is 1. The fraction of sp³-hybridized carbons (Fsp3) is 0.643. The van der Waals surface area contributed by atoms with E-state index in [9.17, 15) is 9.90 Å². The maximum atomic E-state index is 10.9. The lowest BCUT2D eigenvalue weighted by atomic mass is 9.78. The van der Waals surface area contributed by atoms with Gasteiger partial charge in [-0.15, -0.1) is 11.3 Å². The van der Waals surface area contributed by atoms with Gasteiger partial charge < -0.3 is 10.2 Å². The van der Waals surface area contributed by atoms with Gasteiger partial charge in [0.15, 0.2) is 0 Å². The molecule has 1 saturated carbocycles. The Morgan fingerprint density at radius 1 is 1.55 bits per heavy atom. The van der Waals surface area contributed by atoms with Crippen LogP contribution in [0.4, 0.5) is 0 Å². The normalized spacial score (nSPS) is 26.9. The second-order valence-electron chi connectivity index (χ2n) is 5.77. The van der Waals surface area contributed by atoms with Crippen LogP contribution in [0, 0.1) is 5.92 Å². The first-order valence-electron chi connectivity index (χ1n) is 6.75. The molecule has 0 saturated heterocycles. The summed E-state index contributed by atoms with van der Waals surface area (Å²) in [4.78, 5) is 13.0. The van der Waals surface area contributed by atoms with Crippen molar-refractivity contribution in [3.05, 3.63) is 20.8 Å². The fourth-order valence-corrected chi connectivity index (χ4v) is 4.06. The Labute approximate surface area is 131 Å². The van der Waals surface area contributed by atoms with Gasteiger partial charge in [-0.1, -0.05) is 0 Å². The first-order chi connectivity index (χ1) is 9.38. The topological polar surface area (TPSA) is 60.8 Å². The number of carbonyl (C=O) groups is 1. The van der Waals surface area contributed by atoms with Crippen LogP contribution >= 0.6 is 27.3 Å². The molecule has 1 fully saturated rings. The SMILES string of the molecule is CN(Cc1csc(Br)c1)CC1(O)CCC(C(=O)O)CC1. The third-order valence-electron chi connectivity index (χ3n) is 3.90. The Morgan fingerprint density at radius 3 is 2.70 bits per heavy atom. The Balaban J connectivity index is 1.84. The molecule has 0 bridgehead atoms. The third-order valence-corrected chi connectivity index (χ3v) is 5.46. The molecule has 1 aromatic heterocycles. The van der Waals surface area contributed by atoms with Crippen molar-refractivity contribution in [2.24, 2.45) is 5.92 Å². The van der Waals surface area contributed by atoms with Crippen molar-refractivity contribution in [1.82, 2.24) is 4.90 Å². The van der Waals surface area contributed by atoms with E-state index in [1.165, 1.54) is 5.56 Å². The summed E-state index contributed by atoms with van der Waals surface area (Å²) in [6.45, 7) is 1.39. The van der Waals surface area contributed by atoms with Gasteiger partial charge in [0.1, 0.15) is 0 Å². The predicted octanol–water partition coefficient (Wildman–Crippen LogP) is 2.95. The number of carboxylic acids is 1. The molecule has 112 valence electrons. The number of thiophene rings is 1. The number of likely N-dealkylation sites (N-methyl/N-ethyl adjacent to an activating group) is 1. The van der Waals surface area contributed by atoms with Gasteiger partial charge in [-0.2, -0.15) is 0 Å². The summed E-state index contributed by atoms with van der Waals surface area (Å²) in [7, 11) is 1.99. The maximum Gasteiger partial charge on any atom is 0.306 e. The van der Waals surface area contributed by atoms with Gasteiger partial charge in [-0.05, 0) is 65.7 Å². The molecule has 0 radical (unpaired) electrons. The summed E-state index contributed by atoms with van der Waals surface area (Å²) in [5.41, 5.74) is 0.487. The first kappa shape index (κ1) is 15.9. The molecule has 1 aliphatic rings. The maximum absolute atomic E-state index is 10.9. The van der Waals surface area contributed by atoms with Gasteiger partial charge in [0, 0.05) is 13.1 Å². The van der Waals surface area contributed by atoms with Crippen LogP contribution in [0.25, 0.3) is 0 Å². The van der Waals surface area contributed by atoms with Crippen LogP contribution in [0.2, 0.25) is 0 Å². The molecule has 0 unspecified atom stereocenters. The number of hydrogen-bond donors (Lipinski definition) is 2. The van der Waals surface area contributed by atoms with Crippen molar-refractivity contribution >= 4 is 33.2 Å². The molecule has 0 atom stereocenters. The molecule has 4 nitrogen and oxygen atoms in total. The van der Waals surface area contributed by atoms with Crippen LogP contribution in [0.1, 0.15) is 31.2 Å². The van der Waals surface area contributed by atoms with Crippen molar-refractivity contribution in [1.29, 1.82) is 0 Å². The summed E-state index contributed by atoms with van der Waals surface area (Å²) in [5.74, 6) is -1.02. The minimum atomic E-state index is -0.742. The Kier molecular flexibility index (Phi) is 5.23. The number of aliphatic carboxylic acids is 1. The summed E-state index contributed by atoms with van der Waals surface area (Å²) in [5, 5.41) is 21.7. The standard InChI is InChI=1S/C14H20BrNO3S/c1-16(7-10-6-12(15)20-8-10)9-14(19)4-2-11(3-5-14)13(17)18/h6,8,11,19H,2-5,7,9H2,1H3,(H,17,18). The van der Waals surface area contributed by atoms with Crippen LogP contribution in [0.5, 0.6) is 0 Å². The highest BCUT2D eigenvalue weighted by molar-refractivity contribution is 9.11. The van der Waals surface area contributed by atoms with E-state index in [1.54, 1.807) is 11.3 Å². The van der Waals surface area contributed by atoms with E-state index in [4.69, 9.17) is 5.11 Å². The molecule has 0 spiro atoms. The van der Waals surface area contributed by atoms with Crippen LogP contribution in [-0.2, 0) is 11.3 Å². The monoisotopic (exact) mass is 361 g/mol. The van der Waals surface area contributed by atoms with Crippen LogP contribution in [0.15, 0.2) is 15.2 Å². The summed E-state index contributed by atoms with van der Waals surface area (Å²) in [6.07, 6.45) is 2.29. The average Bonchev–Trinajstić information content (AvgIpc) is 2.74. The smallest absolute Gasteiger partial charge is 0.306 e. The molecular formula is C14H20BrNO3S. The van der Waals surface area contributed by atoms with E-state index in [2.05, 4.69) is 32.3 Å². The summed E-state index contributed by atoms with van der Waals surface area (Å²) in [6, 6.07) is 2.09. The predicted molar refractivity (Wildman–Crippen MR) is 82.9 cm³/mol. The number of aliphatic hydroxyl groups is 1. The zero-order chi connectivity index (χ0) is 14.8. The third kappa shape index (κ3) is 4.28. The van der Waals surface area contributed by atoms with E-state index in [1.807, 2.05) is 7.05 Å². The van der Waals surface area contributed by atoms with Gasteiger partial charge in [-0.25, -0.2) is 0 Å². The van der Waals surface area contributed by atoms with Crippen molar-refractivity contribution in [3.63, 3.8) is 0 Å². The van der Waals surface area contributed by atoms with Crippen LogP contribution < -0.4 is 0 Å². The van der Waals surface area contributed by atoms with E-state index in [-0.39, 0.29) is 5.92 Å². The van der Waals surface area contributed by atoms with Crippen LogP contribution in [0.3, 0.4) is 0 Å². The lowest BCUT2D eigenvalue weighted by molar-refractivity contribution is -0.145. The number of hydrogen-bond acceptors (Lipinski definition) is 4. The summed E-state index contributed by atoms with van der Waals surface area (Å²) < 4.78 is 1.11. The van der Waals surface area contributed by atoms with Gasteiger partial charge >= 0.3 is 5.97 Å². The van der Waals surface area contributed by atoms with E-state index in [0.717, 1.165) is 10.3 Å². The van der Waals surface area contributed by atoms with Crippen LogP contribution in [-0.4, -0.2) is 40.3 Å². The molecule has 1 aliphatic carbocycles. The van der Waals surface area contributed by atoms with Gasteiger partial charge in [0.25, 0.3) is 0 Å². The highest BCUT2D eigenvalue weighted by Gasteiger charge is 2.36. The molecule has 20 heavy (non-hydrogen) atoms. The Morgan fingerprint density at radius 2 is 2.20 bits per heavy atom. The number of carboxylic acid groups (broad SMARTS) is 1. The second-order valence-corrected chi connectivity index (χ2v) is 8.06. The second kappa shape index (κ2) is 6.56. The van der Waals surface area contributed by atoms with Gasteiger partial charge in [0.05, 0.1) is 15.3 Å². The highest BCUT2D eigenvalue weighted by Crippen LogP contribution is 2.33. The average molecular weight is 362 g/mol. The minimum absolute atomic E-state index is 0.284.